The average molecular weight is 178 g/mol. The fourth-order valence-electron chi connectivity index (χ4n) is 0.313. The molecule has 0 amide bonds. The third kappa shape index (κ3) is 6.96. The highest BCUT2D eigenvalue weighted by molar-refractivity contribution is 7.24. The first kappa shape index (κ1) is 10.1. The van der Waals surface area contributed by atoms with Crippen LogP contribution < -0.4 is 0 Å². The van der Waals surface area contributed by atoms with Crippen LogP contribution in [0.2, 0.25) is 0 Å². The highest BCUT2D eigenvalue weighted by atomic mass is 31.1. The number of ether oxygens (including phenoxy) is 1. The van der Waals surface area contributed by atoms with Crippen molar-refractivity contribution in [3.63, 3.8) is 0 Å². The van der Waals surface area contributed by atoms with Crippen LogP contribution in [0.25, 0.3) is 0 Å². The number of carbonyl (C=O) groups is 1. The summed E-state index contributed by atoms with van der Waals surface area (Å²) in [6.07, 6.45) is 0.983. The fraction of sp³-hybridized carbons (Fsp3) is 0.400. The van der Waals surface area contributed by atoms with Crippen LogP contribution in [0, 0.1) is 0 Å². The largest absolute Gasteiger partial charge is 0.468 e. The number of hydrogen-bond donors (Lipinski definition) is 0. The average Bonchev–Trinajstić information content (AvgIpc) is 1.97. The van der Waals surface area contributed by atoms with Crippen molar-refractivity contribution in [3.05, 3.63) is 12.7 Å². The normalized spacial score (nSPS) is 8.73. The van der Waals surface area contributed by atoms with Gasteiger partial charge in [-0.05, 0) is 0 Å². The maximum atomic E-state index is 10.3. The Bertz CT molecular complexity index is 199. The van der Waals surface area contributed by atoms with E-state index in [0.29, 0.717) is 0 Å². The molecule has 0 rings (SSSR count). The van der Waals surface area contributed by atoms with E-state index in [2.05, 4.69) is 15.8 Å². The molecule has 0 radical (unpaired) electrons. The van der Waals surface area contributed by atoms with Crippen LogP contribution in [-0.2, 0) is 23.2 Å². The predicted molar refractivity (Wildman–Crippen MR) is 35.4 cm³/mol. The summed E-state index contributed by atoms with van der Waals surface area (Å²) in [5, 5.41) is 0. The molecule has 0 aromatic carbocycles. The fourth-order valence-corrected chi connectivity index (χ4v) is 0.537. The van der Waals surface area contributed by atoms with E-state index in [9.17, 15) is 13.9 Å². The van der Waals surface area contributed by atoms with Gasteiger partial charge in [0.1, 0.15) is 6.61 Å². The van der Waals surface area contributed by atoms with Gasteiger partial charge in [0.2, 0.25) is 0 Å². The second-order valence-corrected chi connectivity index (χ2v) is 2.13. The van der Waals surface area contributed by atoms with Gasteiger partial charge in [-0.1, -0.05) is 6.58 Å². The predicted octanol–water partition coefficient (Wildman–Crippen LogP) is 0.820. The molecule has 11 heavy (non-hydrogen) atoms. The summed E-state index contributed by atoms with van der Waals surface area (Å²) in [6, 6.07) is 0. The highest BCUT2D eigenvalue weighted by Crippen LogP contribution is 2.02. The molecular weight excluding hydrogens is 171 g/mol. The first-order chi connectivity index (χ1) is 5.16. The summed E-state index contributed by atoms with van der Waals surface area (Å²) in [4.78, 5) is 10.3. The van der Waals surface area contributed by atoms with Crippen molar-refractivity contribution in [2.45, 2.75) is 0 Å². The minimum absolute atomic E-state index is 0.0891. The van der Waals surface area contributed by atoms with Gasteiger partial charge in [0.15, 0.2) is 0 Å². The smallest absolute Gasteiger partial charge is 0.460 e. The summed E-state index contributed by atoms with van der Waals surface area (Å²) < 4.78 is 28.0. The van der Waals surface area contributed by atoms with E-state index in [0.717, 1.165) is 6.08 Å². The van der Waals surface area contributed by atoms with Crippen molar-refractivity contribution in [3.8, 4) is 0 Å². The quantitative estimate of drug-likeness (QED) is 0.270. The van der Waals surface area contributed by atoms with Crippen LogP contribution in [-0.4, -0.2) is 19.2 Å². The number of rotatable bonds is 5. The second-order valence-electron chi connectivity index (χ2n) is 1.43. The zero-order valence-corrected chi connectivity index (χ0v) is 6.58. The van der Waals surface area contributed by atoms with Gasteiger partial charge in [0, 0.05) is 6.08 Å². The SMILES string of the molecule is C=CC(=O)OCCOP(=O)=O. The van der Waals surface area contributed by atoms with Crippen LogP contribution in [0.3, 0.4) is 0 Å². The van der Waals surface area contributed by atoms with Crippen molar-refractivity contribution in [1.29, 1.82) is 0 Å². The van der Waals surface area contributed by atoms with Crippen LogP contribution in [0.4, 0.5) is 0 Å². The monoisotopic (exact) mass is 178 g/mol. The van der Waals surface area contributed by atoms with Gasteiger partial charge < -0.3 is 4.74 Å². The van der Waals surface area contributed by atoms with Crippen LogP contribution in [0.15, 0.2) is 12.7 Å². The molecule has 0 bridgehead atoms. The minimum atomic E-state index is -2.85. The van der Waals surface area contributed by atoms with Crippen LogP contribution in [0.1, 0.15) is 0 Å². The lowest BCUT2D eigenvalue weighted by Crippen LogP contribution is -2.05. The number of esters is 1. The van der Waals surface area contributed by atoms with Crippen molar-refractivity contribution >= 4 is 13.9 Å². The van der Waals surface area contributed by atoms with Crippen LogP contribution >= 0.6 is 7.91 Å². The number of carbonyl (C=O) groups excluding carboxylic acids is 1. The first-order valence-electron chi connectivity index (χ1n) is 2.73. The molecule has 62 valence electrons. The molecule has 0 aliphatic rings. The molecule has 0 atom stereocenters. The molecule has 0 heterocycles. The van der Waals surface area contributed by atoms with E-state index < -0.39 is 13.9 Å². The van der Waals surface area contributed by atoms with Crippen molar-refractivity contribution in [1.82, 2.24) is 0 Å². The Kier molecular flexibility index (Phi) is 5.33. The summed E-state index contributed by atoms with van der Waals surface area (Å²) in [5.74, 6) is -0.602. The molecule has 0 N–H and O–H groups in total. The van der Waals surface area contributed by atoms with Gasteiger partial charge in [-0.15, -0.1) is 0 Å². The van der Waals surface area contributed by atoms with Crippen molar-refractivity contribution < 1.29 is 23.2 Å². The van der Waals surface area contributed by atoms with Crippen LogP contribution in [0.5, 0.6) is 0 Å². The van der Waals surface area contributed by atoms with E-state index in [1.165, 1.54) is 0 Å². The Balaban J connectivity index is 3.28. The Morgan fingerprint density at radius 3 is 2.55 bits per heavy atom. The third-order valence-corrected chi connectivity index (χ3v) is 1.08. The van der Waals surface area contributed by atoms with E-state index in [1.54, 1.807) is 0 Å². The summed E-state index contributed by atoms with van der Waals surface area (Å²) >= 11 is 0. The summed E-state index contributed by atoms with van der Waals surface area (Å²) in [5.41, 5.74) is 0. The van der Waals surface area contributed by atoms with Crippen molar-refractivity contribution in [2.75, 3.05) is 13.2 Å². The molecule has 0 spiro atoms. The maximum absolute atomic E-state index is 10.3. The van der Waals surface area contributed by atoms with E-state index in [-0.39, 0.29) is 13.2 Å². The van der Waals surface area contributed by atoms with Gasteiger partial charge in [-0.25, -0.2) is 13.9 Å². The first-order valence-corrected chi connectivity index (χ1v) is 3.83. The lowest BCUT2D eigenvalue weighted by atomic mass is 10.6. The van der Waals surface area contributed by atoms with Gasteiger partial charge in [0.05, 0.1) is 6.61 Å². The molecule has 0 unspecified atom stereocenters. The molecule has 0 aliphatic carbocycles. The lowest BCUT2D eigenvalue weighted by Gasteiger charge is -1.96. The molecular formula is C5H7O5P. The highest BCUT2D eigenvalue weighted by Gasteiger charge is 1.95. The Labute approximate surface area is 63.9 Å². The zero-order chi connectivity index (χ0) is 8.69. The Morgan fingerprint density at radius 1 is 1.45 bits per heavy atom. The molecule has 0 fully saturated rings. The molecule has 6 heteroatoms. The standard InChI is InChI=1S/C5H7O5P/c1-2-5(6)9-3-4-10-11(7)8/h2H,1,3-4H2. The van der Waals surface area contributed by atoms with Crippen molar-refractivity contribution in [2.24, 2.45) is 0 Å². The molecule has 0 aromatic heterocycles. The molecule has 0 saturated carbocycles. The molecule has 0 saturated heterocycles. The minimum Gasteiger partial charge on any atom is -0.460 e. The van der Waals surface area contributed by atoms with Gasteiger partial charge in [0.25, 0.3) is 0 Å². The second kappa shape index (κ2) is 5.82. The Morgan fingerprint density at radius 2 is 2.09 bits per heavy atom. The summed E-state index contributed by atoms with van der Waals surface area (Å²) in [6.45, 7) is 2.90. The van der Waals surface area contributed by atoms with Gasteiger partial charge >= 0.3 is 13.9 Å². The third-order valence-electron chi connectivity index (χ3n) is 0.691. The van der Waals surface area contributed by atoms with E-state index in [1.807, 2.05) is 0 Å². The van der Waals surface area contributed by atoms with E-state index in [4.69, 9.17) is 0 Å². The Hall–Kier alpha value is -0.930. The molecule has 5 nitrogen and oxygen atoms in total. The molecule has 0 aliphatic heterocycles. The zero-order valence-electron chi connectivity index (χ0n) is 5.69. The lowest BCUT2D eigenvalue weighted by molar-refractivity contribution is -0.138. The van der Waals surface area contributed by atoms with Gasteiger partial charge in [-0.3, -0.25) is 4.52 Å². The maximum Gasteiger partial charge on any atom is 0.468 e. The number of hydrogen-bond acceptors (Lipinski definition) is 5. The molecule has 0 aromatic rings. The topological polar surface area (TPSA) is 69.7 Å². The van der Waals surface area contributed by atoms with E-state index >= 15 is 0 Å². The van der Waals surface area contributed by atoms with Gasteiger partial charge in [-0.2, -0.15) is 0 Å². The summed E-state index contributed by atoms with van der Waals surface area (Å²) in [7, 11) is -2.85.